The van der Waals surface area contributed by atoms with Crippen molar-refractivity contribution in [2.24, 2.45) is 0 Å². The second-order valence-corrected chi connectivity index (χ2v) is 8.19. The third kappa shape index (κ3) is 2.56. The van der Waals surface area contributed by atoms with Crippen molar-refractivity contribution in [2.45, 2.75) is 45.7 Å². The maximum atomic E-state index is 12.0. The summed E-state index contributed by atoms with van der Waals surface area (Å²) in [5, 5.41) is 5.30. The van der Waals surface area contributed by atoms with Gasteiger partial charge >= 0.3 is 0 Å². The van der Waals surface area contributed by atoms with E-state index in [2.05, 4.69) is 49.1 Å². The molecular weight excluding hydrogens is 334 g/mol. The number of nitrogens with zero attached hydrogens (tertiary/aromatic N) is 1. The lowest BCUT2D eigenvalue weighted by atomic mass is 9.82. The largest absolute Gasteiger partial charge is 0.496 e. The molecule has 3 heteroatoms. The summed E-state index contributed by atoms with van der Waals surface area (Å²) in [4.78, 5) is 14.6. The Morgan fingerprint density at radius 1 is 0.963 bits per heavy atom. The number of hydrogen-bond acceptors (Lipinski definition) is 3. The number of methoxy groups -OCH3 is 1. The van der Waals surface area contributed by atoms with Crippen LogP contribution in [0.4, 0.5) is 0 Å². The molecule has 3 aromatic rings. The van der Waals surface area contributed by atoms with Crippen LogP contribution in [-0.4, -0.2) is 30.4 Å². The first-order chi connectivity index (χ1) is 13.0. The van der Waals surface area contributed by atoms with Gasteiger partial charge in [-0.1, -0.05) is 23.8 Å². The molecule has 3 aromatic carbocycles. The number of rotatable bonds is 1. The van der Waals surface area contributed by atoms with Crippen LogP contribution in [0.2, 0.25) is 0 Å². The molecule has 2 aliphatic rings. The SMILES string of the molecule is COc1cc2c3c(c4ccc(C)cc4c2cc1C)CN1CCC(=O)C[C@@H]1C3. The van der Waals surface area contributed by atoms with E-state index in [-0.39, 0.29) is 0 Å². The van der Waals surface area contributed by atoms with E-state index >= 15 is 0 Å². The molecule has 1 fully saturated rings. The van der Waals surface area contributed by atoms with Gasteiger partial charge < -0.3 is 4.74 Å². The second kappa shape index (κ2) is 6.07. The zero-order valence-electron chi connectivity index (χ0n) is 16.3. The topological polar surface area (TPSA) is 29.5 Å². The van der Waals surface area contributed by atoms with Crippen LogP contribution in [0, 0.1) is 13.8 Å². The Kier molecular flexibility index (Phi) is 3.76. The van der Waals surface area contributed by atoms with Crippen LogP contribution in [-0.2, 0) is 17.8 Å². The fourth-order valence-electron chi connectivity index (χ4n) is 5.06. The van der Waals surface area contributed by atoms with Crippen LogP contribution >= 0.6 is 0 Å². The molecule has 138 valence electrons. The van der Waals surface area contributed by atoms with Crippen molar-refractivity contribution >= 4 is 27.3 Å². The standard InChI is InChI=1S/C24H25NO2/c1-14-4-5-18-19(8-14)20-9-15(2)24(27-3)12-22(20)21-11-16-10-17(26)6-7-25(16)13-23(18)21/h4-5,8-9,12,16H,6-7,10-11,13H2,1-3H3/t16-/m1/s1. The summed E-state index contributed by atoms with van der Waals surface area (Å²) in [6.45, 7) is 6.11. The molecule has 0 N–H and O–H groups in total. The molecule has 2 aliphatic heterocycles. The molecule has 0 bridgehead atoms. The zero-order valence-corrected chi connectivity index (χ0v) is 16.3. The Morgan fingerprint density at radius 2 is 1.78 bits per heavy atom. The van der Waals surface area contributed by atoms with Gasteiger partial charge in [-0.3, -0.25) is 9.69 Å². The van der Waals surface area contributed by atoms with Crippen molar-refractivity contribution in [3.63, 3.8) is 0 Å². The van der Waals surface area contributed by atoms with E-state index in [9.17, 15) is 4.79 Å². The smallest absolute Gasteiger partial charge is 0.135 e. The third-order valence-electron chi connectivity index (χ3n) is 6.47. The van der Waals surface area contributed by atoms with Crippen LogP contribution in [0.1, 0.15) is 35.1 Å². The molecule has 27 heavy (non-hydrogen) atoms. The molecule has 0 spiro atoms. The van der Waals surface area contributed by atoms with E-state index in [0.29, 0.717) is 24.7 Å². The Bertz CT molecular complexity index is 1100. The molecule has 5 rings (SSSR count). The van der Waals surface area contributed by atoms with Gasteiger partial charge in [0.1, 0.15) is 11.5 Å². The highest BCUT2D eigenvalue weighted by Gasteiger charge is 2.33. The molecule has 2 heterocycles. The minimum absolute atomic E-state index is 0.345. The van der Waals surface area contributed by atoms with Crippen molar-refractivity contribution in [3.05, 3.63) is 52.6 Å². The van der Waals surface area contributed by atoms with E-state index in [0.717, 1.165) is 30.8 Å². The molecule has 1 saturated heterocycles. The fraction of sp³-hybridized carbons (Fsp3) is 0.375. The van der Waals surface area contributed by atoms with Gasteiger partial charge in [0.2, 0.25) is 0 Å². The van der Waals surface area contributed by atoms with Gasteiger partial charge in [-0.2, -0.15) is 0 Å². The summed E-state index contributed by atoms with van der Waals surface area (Å²) < 4.78 is 5.64. The summed E-state index contributed by atoms with van der Waals surface area (Å²) in [5.74, 6) is 1.35. The maximum Gasteiger partial charge on any atom is 0.135 e. The van der Waals surface area contributed by atoms with Crippen LogP contribution in [0.3, 0.4) is 0 Å². The fourth-order valence-corrected chi connectivity index (χ4v) is 5.06. The predicted molar refractivity (Wildman–Crippen MR) is 110 cm³/mol. The molecule has 0 amide bonds. The van der Waals surface area contributed by atoms with Gasteiger partial charge in [-0.15, -0.1) is 0 Å². The lowest BCUT2D eigenvalue weighted by Gasteiger charge is -2.40. The molecule has 0 saturated carbocycles. The van der Waals surface area contributed by atoms with Crippen molar-refractivity contribution in [1.82, 2.24) is 4.90 Å². The van der Waals surface area contributed by atoms with Crippen molar-refractivity contribution in [2.75, 3.05) is 13.7 Å². The second-order valence-electron chi connectivity index (χ2n) is 8.19. The van der Waals surface area contributed by atoms with E-state index in [1.54, 1.807) is 7.11 Å². The van der Waals surface area contributed by atoms with Crippen molar-refractivity contribution < 1.29 is 9.53 Å². The van der Waals surface area contributed by atoms with E-state index < -0.39 is 0 Å². The number of carbonyl (C=O) groups excluding carboxylic acids is 1. The van der Waals surface area contributed by atoms with Gasteiger partial charge in [0.25, 0.3) is 0 Å². The highest BCUT2D eigenvalue weighted by molar-refractivity contribution is 6.11. The minimum Gasteiger partial charge on any atom is -0.496 e. The van der Waals surface area contributed by atoms with Gasteiger partial charge in [-0.25, -0.2) is 0 Å². The number of Topliss-reactive ketones (excluding diaryl/α,β-unsaturated/α-hetero) is 1. The summed E-state index contributed by atoms with van der Waals surface area (Å²) in [6, 6.07) is 11.7. The predicted octanol–water partition coefficient (Wildman–Crippen LogP) is 4.71. The summed E-state index contributed by atoms with van der Waals surface area (Å²) in [5.41, 5.74) is 5.30. The highest BCUT2D eigenvalue weighted by Crippen LogP contribution is 2.41. The number of carbonyl (C=O) groups is 1. The molecule has 1 atom stereocenters. The number of benzene rings is 3. The van der Waals surface area contributed by atoms with Gasteiger partial charge in [0.05, 0.1) is 7.11 Å². The number of hydrogen-bond donors (Lipinski definition) is 0. The van der Waals surface area contributed by atoms with Crippen LogP contribution in [0.25, 0.3) is 21.5 Å². The maximum absolute atomic E-state index is 12.0. The normalized spacial score (nSPS) is 20.0. The molecule has 3 nitrogen and oxygen atoms in total. The number of fused-ring (bicyclic) bond motifs is 7. The molecule has 0 unspecified atom stereocenters. The van der Waals surface area contributed by atoms with Crippen molar-refractivity contribution in [3.8, 4) is 5.75 Å². The Labute approximate surface area is 159 Å². The van der Waals surface area contributed by atoms with Crippen molar-refractivity contribution in [1.29, 1.82) is 0 Å². The first-order valence-corrected chi connectivity index (χ1v) is 9.83. The number of piperidine rings is 1. The average Bonchev–Trinajstić information content (AvgIpc) is 2.66. The first-order valence-electron chi connectivity index (χ1n) is 9.83. The monoisotopic (exact) mass is 359 g/mol. The third-order valence-corrected chi connectivity index (χ3v) is 6.47. The Hall–Kier alpha value is -2.39. The van der Waals surface area contributed by atoms with E-state index in [4.69, 9.17) is 4.74 Å². The highest BCUT2D eigenvalue weighted by atomic mass is 16.5. The lowest BCUT2D eigenvalue weighted by Crippen LogP contribution is -2.46. The van der Waals surface area contributed by atoms with Crippen LogP contribution in [0.15, 0.2) is 30.3 Å². The summed E-state index contributed by atoms with van der Waals surface area (Å²) in [7, 11) is 1.74. The summed E-state index contributed by atoms with van der Waals surface area (Å²) >= 11 is 0. The molecule has 0 aliphatic carbocycles. The first kappa shape index (κ1) is 16.8. The Balaban J connectivity index is 1.84. The van der Waals surface area contributed by atoms with E-state index in [1.165, 1.54) is 38.2 Å². The molecule has 0 radical (unpaired) electrons. The lowest BCUT2D eigenvalue weighted by molar-refractivity contribution is -0.123. The number of ketones is 1. The molecular formula is C24H25NO2. The van der Waals surface area contributed by atoms with Gasteiger partial charge in [0.15, 0.2) is 0 Å². The minimum atomic E-state index is 0.345. The summed E-state index contributed by atoms with van der Waals surface area (Å²) in [6.07, 6.45) is 2.34. The van der Waals surface area contributed by atoms with E-state index in [1.807, 2.05) is 0 Å². The van der Waals surface area contributed by atoms with Gasteiger partial charge in [0, 0.05) is 32.0 Å². The van der Waals surface area contributed by atoms with Crippen LogP contribution < -0.4 is 4.74 Å². The zero-order chi connectivity index (χ0) is 18.7. The average molecular weight is 359 g/mol. The number of ether oxygens (including phenoxy) is 1. The number of aryl methyl sites for hydroxylation is 2. The van der Waals surface area contributed by atoms with Crippen LogP contribution in [0.5, 0.6) is 5.75 Å². The van der Waals surface area contributed by atoms with Gasteiger partial charge in [-0.05, 0) is 70.6 Å². The quantitative estimate of drug-likeness (QED) is 0.590. The molecule has 0 aromatic heterocycles. The Morgan fingerprint density at radius 3 is 2.59 bits per heavy atom.